The van der Waals surface area contributed by atoms with Crippen molar-refractivity contribution in [1.29, 1.82) is 0 Å². The maximum Gasteiger partial charge on any atom is 0.356 e. The Balaban J connectivity index is 2.12. The summed E-state index contributed by atoms with van der Waals surface area (Å²) in [5, 5.41) is 13.2. The molecule has 0 bridgehead atoms. The van der Waals surface area contributed by atoms with Crippen molar-refractivity contribution in [3.8, 4) is 22.8 Å². The molecule has 7 nitrogen and oxygen atoms in total. The molecule has 3 rings (SSSR count). The number of nitrogens with zero attached hydrogens (tertiary/aromatic N) is 3. The lowest BCUT2D eigenvalue weighted by molar-refractivity contribution is 0.0689. The van der Waals surface area contributed by atoms with E-state index in [4.69, 9.17) is 14.6 Å². The number of carboxylic acid groups (broad SMARTS) is 1. The largest absolute Gasteiger partial charge is 0.496 e. The van der Waals surface area contributed by atoms with Gasteiger partial charge in [0.2, 0.25) is 0 Å². The van der Waals surface area contributed by atoms with Gasteiger partial charge in [0, 0.05) is 31.8 Å². The molecule has 1 N–H and O–H groups in total. The molecule has 0 unspecified atom stereocenters. The number of rotatable bonds is 5. The number of benzene rings is 1. The molecule has 2 heterocycles. The first kappa shape index (κ1) is 16.2. The van der Waals surface area contributed by atoms with E-state index in [0.29, 0.717) is 11.4 Å². The highest BCUT2D eigenvalue weighted by Crippen LogP contribution is 2.41. The zero-order valence-corrected chi connectivity index (χ0v) is 14.1. The van der Waals surface area contributed by atoms with Crippen LogP contribution in [0.1, 0.15) is 23.3 Å². The Bertz CT molecular complexity index is 763. The summed E-state index contributed by atoms with van der Waals surface area (Å²) < 4.78 is 12.7. The molecule has 2 aromatic rings. The number of ether oxygens (including phenoxy) is 2. The molecule has 1 fully saturated rings. The summed E-state index contributed by atoms with van der Waals surface area (Å²) in [6.07, 6.45) is 2.33. The van der Waals surface area contributed by atoms with Gasteiger partial charge in [0.1, 0.15) is 11.5 Å². The van der Waals surface area contributed by atoms with Crippen molar-refractivity contribution in [3.63, 3.8) is 0 Å². The zero-order valence-electron chi connectivity index (χ0n) is 14.1. The minimum atomic E-state index is -1.06. The van der Waals surface area contributed by atoms with Crippen molar-refractivity contribution < 1.29 is 19.4 Å². The average molecular weight is 331 g/mol. The topological polar surface area (TPSA) is 76.8 Å². The Kier molecular flexibility index (Phi) is 4.33. The van der Waals surface area contributed by atoms with Crippen LogP contribution < -0.4 is 14.4 Å². The summed E-state index contributed by atoms with van der Waals surface area (Å²) in [6.45, 7) is 1.99. The van der Waals surface area contributed by atoms with Crippen molar-refractivity contribution in [3.05, 3.63) is 23.9 Å². The molecule has 1 aliphatic rings. The molecule has 1 aromatic carbocycles. The van der Waals surface area contributed by atoms with E-state index in [1.165, 1.54) is 10.7 Å². The maximum absolute atomic E-state index is 11.2. The lowest BCUT2D eigenvalue weighted by atomic mass is 10.1. The Morgan fingerprint density at radius 2 is 1.79 bits per heavy atom. The van der Waals surface area contributed by atoms with Crippen molar-refractivity contribution in [2.45, 2.75) is 12.8 Å². The van der Waals surface area contributed by atoms with Crippen LogP contribution in [0.25, 0.3) is 11.3 Å². The molecule has 1 aliphatic heterocycles. The number of aryl methyl sites for hydroxylation is 1. The first-order chi connectivity index (χ1) is 11.5. The minimum absolute atomic E-state index is 0.00265. The van der Waals surface area contributed by atoms with Gasteiger partial charge in [-0.05, 0) is 25.0 Å². The van der Waals surface area contributed by atoms with Crippen LogP contribution in [-0.4, -0.2) is 48.2 Å². The van der Waals surface area contributed by atoms with Gasteiger partial charge in [-0.25, -0.2) is 4.79 Å². The van der Waals surface area contributed by atoms with E-state index < -0.39 is 5.97 Å². The summed E-state index contributed by atoms with van der Waals surface area (Å²) in [5.74, 6) is 0.347. The molecule has 24 heavy (non-hydrogen) atoms. The van der Waals surface area contributed by atoms with Crippen LogP contribution in [0.3, 0.4) is 0 Å². The molecule has 128 valence electrons. The Labute approximate surface area is 140 Å². The highest BCUT2D eigenvalue weighted by Gasteiger charge is 2.22. The number of hydrogen-bond donors (Lipinski definition) is 1. The molecule has 0 atom stereocenters. The first-order valence-electron chi connectivity index (χ1n) is 7.84. The molecule has 0 saturated carbocycles. The van der Waals surface area contributed by atoms with E-state index in [2.05, 4.69) is 10.00 Å². The molecule has 0 aliphatic carbocycles. The molecule has 0 amide bonds. The van der Waals surface area contributed by atoms with Gasteiger partial charge < -0.3 is 19.5 Å². The van der Waals surface area contributed by atoms with E-state index in [1.807, 2.05) is 12.1 Å². The van der Waals surface area contributed by atoms with E-state index in [-0.39, 0.29) is 5.69 Å². The Morgan fingerprint density at radius 3 is 2.33 bits per heavy atom. The highest BCUT2D eigenvalue weighted by molar-refractivity contribution is 5.88. The summed E-state index contributed by atoms with van der Waals surface area (Å²) >= 11 is 0. The van der Waals surface area contributed by atoms with Crippen molar-refractivity contribution in [2.24, 2.45) is 7.05 Å². The van der Waals surface area contributed by atoms with Crippen molar-refractivity contribution >= 4 is 11.7 Å². The Morgan fingerprint density at radius 1 is 1.12 bits per heavy atom. The van der Waals surface area contributed by atoms with Crippen LogP contribution in [0.5, 0.6) is 11.5 Å². The number of anilines is 1. The van der Waals surface area contributed by atoms with E-state index in [9.17, 15) is 4.79 Å². The van der Waals surface area contributed by atoms with Gasteiger partial charge >= 0.3 is 5.97 Å². The zero-order chi connectivity index (χ0) is 17.3. The van der Waals surface area contributed by atoms with Gasteiger partial charge in [-0.15, -0.1) is 0 Å². The third kappa shape index (κ3) is 2.77. The second kappa shape index (κ2) is 6.43. The van der Waals surface area contributed by atoms with Gasteiger partial charge in [0.05, 0.1) is 25.6 Å². The number of aromatic nitrogens is 2. The molecular weight excluding hydrogens is 310 g/mol. The molecular formula is C17H21N3O4. The molecule has 0 spiro atoms. The molecule has 7 heteroatoms. The lowest BCUT2D eigenvalue weighted by Gasteiger charge is -2.22. The fourth-order valence-electron chi connectivity index (χ4n) is 3.11. The van der Waals surface area contributed by atoms with Crippen LogP contribution in [0.2, 0.25) is 0 Å². The number of methoxy groups -OCH3 is 2. The number of carboxylic acids is 1. The smallest absolute Gasteiger partial charge is 0.356 e. The van der Waals surface area contributed by atoms with Crippen LogP contribution in [0.15, 0.2) is 18.2 Å². The van der Waals surface area contributed by atoms with Crippen LogP contribution in [-0.2, 0) is 7.05 Å². The second-order valence-electron chi connectivity index (χ2n) is 5.76. The van der Waals surface area contributed by atoms with E-state index >= 15 is 0 Å². The molecule has 1 aromatic heterocycles. The first-order valence-corrected chi connectivity index (χ1v) is 7.84. The van der Waals surface area contributed by atoms with Gasteiger partial charge in [-0.1, -0.05) is 0 Å². The van der Waals surface area contributed by atoms with E-state index in [1.54, 1.807) is 21.3 Å². The van der Waals surface area contributed by atoms with Crippen LogP contribution in [0.4, 0.5) is 5.69 Å². The number of carbonyl (C=O) groups is 1. The highest BCUT2D eigenvalue weighted by atomic mass is 16.5. The predicted molar refractivity (Wildman–Crippen MR) is 90.2 cm³/mol. The quantitative estimate of drug-likeness (QED) is 0.906. The SMILES string of the molecule is COc1cc(N2CCCC2)c(OC)cc1-c1cc(C(=O)O)nn1C. The third-order valence-electron chi connectivity index (χ3n) is 4.32. The maximum atomic E-state index is 11.2. The fraction of sp³-hybridized carbons (Fsp3) is 0.412. The standard InChI is InChI=1S/C17H21N3O4/c1-19-13(9-12(18-19)17(21)22)11-8-16(24-3)14(10-15(11)23-2)20-6-4-5-7-20/h8-10H,4-7H2,1-3H3,(H,21,22). The van der Waals surface area contributed by atoms with Crippen molar-refractivity contribution in [2.75, 3.05) is 32.2 Å². The average Bonchev–Trinajstić information content (AvgIpc) is 3.23. The summed E-state index contributed by atoms with van der Waals surface area (Å²) in [6, 6.07) is 5.37. The normalized spacial score (nSPS) is 14.0. The predicted octanol–water partition coefficient (Wildman–Crippen LogP) is 2.40. The van der Waals surface area contributed by atoms with Gasteiger partial charge in [0.15, 0.2) is 5.69 Å². The molecule has 1 saturated heterocycles. The second-order valence-corrected chi connectivity index (χ2v) is 5.76. The fourth-order valence-corrected chi connectivity index (χ4v) is 3.11. The summed E-state index contributed by atoms with van der Waals surface area (Å²) in [5.41, 5.74) is 2.41. The Hall–Kier alpha value is -2.70. The third-order valence-corrected chi connectivity index (χ3v) is 4.32. The van der Waals surface area contributed by atoms with E-state index in [0.717, 1.165) is 42.9 Å². The van der Waals surface area contributed by atoms with Gasteiger partial charge in [-0.3, -0.25) is 4.68 Å². The minimum Gasteiger partial charge on any atom is -0.496 e. The van der Waals surface area contributed by atoms with Gasteiger partial charge in [-0.2, -0.15) is 5.10 Å². The number of aromatic carboxylic acids is 1. The van der Waals surface area contributed by atoms with Crippen LogP contribution >= 0.6 is 0 Å². The summed E-state index contributed by atoms with van der Waals surface area (Å²) in [4.78, 5) is 13.4. The molecule has 0 radical (unpaired) electrons. The van der Waals surface area contributed by atoms with Gasteiger partial charge in [0.25, 0.3) is 0 Å². The monoisotopic (exact) mass is 331 g/mol. The summed E-state index contributed by atoms with van der Waals surface area (Å²) in [7, 11) is 4.95. The van der Waals surface area contributed by atoms with Crippen molar-refractivity contribution in [1.82, 2.24) is 9.78 Å². The van der Waals surface area contributed by atoms with Crippen LogP contribution in [0, 0.1) is 0 Å². The number of hydrogen-bond acceptors (Lipinski definition) is 5. The lowest BCUT2D eigenvalue weighted by Crippen LogP contribution is -2.18.